The molecule has 1 aromatic carbocycles. The number of nitrogens with one attached hydrogen (secondary N) is 1. The van der Waals surface area contributed by atoms with Crippen molar-refractivity contribution >= 4 is 45.4 Å². The molecule has 0 aliphatic carbocycles. The minimum absolute atomic E-state index is 0.0300. The summed E-state index contributed by atoms with van der Waals surface area (Å²) in [5.41, 5.74) is 0.832. The Bertz CT molecular complexity index is 964. The summed E-state index contributed by atoms with van der Waals surface area (Å²) in [5, 5.41) is 14.2. The van der Waals surface area contributed by atoms with Crippen LogP contribution in [0.1, 0.15) is 17.3 Å². The Balaban J connectivity index is 1.61. The predicted molar refractivity (Wildman–Crippen MR) is 90.7 cm³/mol. The molecule has 0 aliphatic rings. The summed E-state index contributed by atoms with van der Waals surface area (Å²) in [4.78, 5) is 35.1. The van der Waals surface area contributed by atoms with Crippen LogP contribution in [0.4, 0.5) is 5.69 Å². The third-order valence-corrected chi connectivity index (χ3v) is 5.00. The molecule has 10 heteroatoms. The lowest BCUT2D eigenvalue weighted by Gasteiger charge is -2.04. The van der Waals surface area contributed by atoms with Gasteiger partial charge in [-0.1, -0.05) is 23.1 Å². The molecule has 122 valence electrons. The molecule has 0 fully saturated rings. The van der Waals surface area contributed by atoms with Gasteiger partial charge < -0.3 is 5.32 Å². The Morgan fingerprint density at radius 1 is 1.29 bits per heavy atom. The summed E-state index contributed by atoms with van der Waals surface area (Å²) < 4.78 is 1.70. The van der Waals surface area contributed by atoms with Crippen molar-refractivity contribution in [3.8, 4) is 0 Å². The normalized spacial score (nSPS) is 10.7. The number of nitrogens with zero attached hydrogens (tertiary/aromatic N) is 4. The van der Waals surface area contributed by atoms with Crippen molar-refractivity contribution in [2.45, 2.75) is 11.3 Å². The van der Waals surface area contributed by atoms with Crippen LogP contribution >= 0.6 is 23.1 Å². The second-order valence-corrected chi connectivity index (χ2v) is 6.89. The van der Waals surface area contributed by atoms with Crippen LogP contribution in [-0.4, -0.2) is 37.3 Å². The predicted octanol–water partition coefficient (Wildman–Crippen LogP) is 1.48. The number of amides is 1. The topological polar surface area (TPSA) is 106 Å². The highest BCUT2D eigenvalue weighted by Crippen LogP contribution is 2.22. The first kappa shape index (κ1) is 16.3. The number of aromatic nitrogens is 4. The van der Waals surface area contributed by atoms with Crippen LogP contribution in [-0.2, 0) is 4.79 Å². The molecule has 0 aliphatic heterocycles. The summed E-state index contributed by atoms with van der Waals surface area (Å²) in [6.07, 6.45) is 1.08. The average molecular weight is 361 g/mol. The second-order valence-electron chi connectivity index (χ2n) is 4.72. The van der Waals surface area contributed by atoms with E-state index in [1.54, 1.807) is 24.3 Å². The molecule has 2 aromatic heterocycles. The van der Waals surface area contributed by atoms with Gasteiger partial charge in [0, 0.05) is 11.3 Å². The molecule has 1 amide bonds. The standard InChI is InChI=1S/C14H11N5O3S2/c1-8(20)9-2-4-10(5-3-9)16-11(21)7-23-14-18-19-12(22)6-15-17-13(19)24-14/h2-6H,7H2,1H3,(H,16,21). The van der Waals surface area contributed by atoms with Gasteiger partial charge in [0.25, 0.3) is 5.56 Å². The van der Waals surface area contributed by atoms with Gasteiger partial charge in [0.1, 0.15) is 6.20 Å². The van der Waals surface area contributed by atoms with E-state index in [1.165, 1.54) is 30.0 Å². The van der Waals surface area contributed by atoms with E-state index < -0.39 is 0 Å². The molecule has 0 unspecified atom stereocenters. The summed E-state index contributed by atoms with van der Waals surface area (Å²) in [6.45, 7) is 1.48. The van der Waals surface area contributed by atoms with Crippen LogP contribution in [0.2, 0.25) is 0 Å². The van der Waals surface area contributed by atoms with Crippen molar-refractivity contribution in [3.63, 3.8) is 0 Å². The van der Waals surface area contributed by atoms with Crippen molar-refractivity contribution in [1.82, 2.24) is 19.8 Å². The second kappa shape index (κ2) is 6.89. The summed E-state index contributed by atoms with van der Waals surface area (Å²) in [6, 6.07) is 6.66. The first-order valence-electron chi connectivity index (χ1n) is 6.78. The van der Waals surface area contributed by atoms with E-state index in [4.69, 9.17) is 0 Å². The molecule has 0 spiro atoms. The fourth-order valence-corrected chi connectivity index (χ4v) is 3.51. The fourth-order valence-electron chi connectivity index (χ4n) is 1.83. The van der Waals surface area contributed by atoms with Crippen LogP contribution in [0, 0.1) is 0 Å². The number of hydrogen-bond acceptors (Lipinski definition) is 8. The van der Waals surface area contributed by atoms with Gasteiger partial charge in [-0.15, -0.1) is 10.2 Å². The molecule has 3 rings (SSSR count). The molecule has 0 saturated heterocycles. The number of fused-ring (bicyclic) bond motifs is 1. The molecule has 1 N–H and O–H groups in total. The Morgan fingerprint density at radius 3 is 2.71 bits per heavy atom. The van der Waals surface area contributed by atoms with Crippen LogP contribution in [0.25, 0.3) is 4.96 Å². The van der Waals surface area contributed by atoms with Crippen molar-refractivity contribution in [2.24, 2.45) is 0 Å². The van der Waals surface area contributed by atoms with E-state index in [2.05, 4.69) is 20.6 Å². The maximum Gasteiger partial charge on any atom is 0.293 e. The maximum absolute atomic E-state index is 12.0. The number of anilines is 1. The van der Waals surface area contributed by atoms with Gasteiger partial charge in [-0.3, -0.25) is 14.4 Å². The first-order chi connectivity index (χ1) is 11.5. The van der Waals surface area contributed by atoms with E-state index >= 15 is 0 Å². The molecule has 0 saturated carbocycles. The SMILES string of the molecule is CC(=O)c1ccc(NC(=O)CSc2nn3c(=O)cnnc3s2)cc1. The summed E-state index contributed by atoms with van der Waals surface area (Å²) in [7, 11) is 0. The zero-order valence-corrected chi connectivity index (χ0v) is 14.1. The Hall–Kier alpha value is -2.59. The Kier molecular flexibility index (Phi) is 4.67. The largest absolute Gasteiger partial charge is 0.325 e. The van der Waals surface area contributed by atoms with Gasteiger partial charge in [-0.2, -0.15) is 9.61 Å². The van der Waals surface area contributed by atoms with E-state index in [9.17, 15) is 14.4 Å². The quantitative estimate of drug-likeness (QED) is 0.542. The lowest BCUT2D eigenvalue weighted by molar-refractivity contribution is -0.113. The van der Waals surface area contributed by atoms with E-state index in [0.717, 1.165) is 10.7 Å². The van der Waals surface area contributed by atoms with Crippen molar-refractivity contribution in [1.29, 1.82) is 0 Å². The number of benzene rings is 1. The van der Waals surface area contributed by atoms with Crippen LogP contribution in [0.15, 0.2) is 39.6 Å². The third-order valence-electron chi connectivity index (χ3n) is 2.96. The van der Waals surface area contributed by atoms with Crippen LogP contribution < -0.4 is 10.9 Å². The summed E-state index contributed by atoms with van der Waals surface area (Å²) in [5.74, 6) is -0.109. The molecule has 8 nitrogen and oxygen atoms in total. The van der Waals surface area contributed by atoms with Gasteiger partial charge in [0.15, 0.2) is 10.1 Å². The molecule has 24 heavy (non-hydrogen) atoms. The van der Waals surface area contributed by atoms with E-state index in [0.29, 0.717) is 20.6 Å². The lowest BCUT2D eigenvalue weighted by Crippen LogP contribution is -2.15. The zero-order valence-electron chi connectivity index (χ0n) is 12.4. The molecule has 3 aromatic rings. The molecular weight excluding hydrogens is 350 g/mol. The van der Waals surface area contributed by atoms with Crippen LogP contribution in [0.3, 0.4) is 0 Å². The lowest BCUT2D eigenvalue weighted by atomic mass is 10.1. The van der Waals surface area contributed by atoms with Gasteiger partial charge in [0.05, 0.1) is 5.75 Å². The van der Waals surface area contributed by atoms with Gasteiger partial charge in [-0.05, 0) is 31.2 Å². The highest BCUT2D eigenvalue weighted by Gasteiger charge is 2.10. The Morgan fingerprint density at radius 2 is 2.04 bits per heavy atom. The minimum Gasteiger partial charge on any atom is -0.325 e. The number of hydrogen-bond donors (Lipinski definition) is 1. The number of carbonyl (C=O) groups is 2. The number of rotatable bonds is 5. The first-order valence-corrected chi connectivity index (χ1v) is 8.58. The molecule has 2 heterocycles. The number of ketones is 1. The van der Waals surface area contributed by atoms with E-state index in [-0.39, 0.29) is 23.0 Å². The smallest absolute Gasteiger partial charge is 0.293 e. The number of thioether (sulfide) groups is 1. The minimum atomic E-state index is -0.363. The zero-order chi connectivity index (χ0) is 17.1. The van der Waals surface area contributed by atoms with Gasteiger partial charge in [0.2, 0.25) is 10.9 Å². The van der Waals surface area contributed by atoms with E-state index in [1.807, 2.05) is 0 Å². The maximum atomic E-state index is 12.0. The molecule has 0 radical (unpaired) electrons. The van der Waals surface area contributed by atoms with Gasteiger partial charge in [-0.25, -0.2) is 0 Å². The van der Waals surface area contributed by atoms with Crippen molar-refractivity contribution < 1.29 is 9.59 Å². The third kappa shape index (κ3) is 3.66. The number of carbonyl (C=O) groups excluding carboxylic acids is 2. The Labute approximate surface area is 143 Å². The highest BCUT2D eigenvalue weighted by atomic mass is 32.2. The molecular formula is C14H11N5O3S2. The van der Waals surface area contributed by atoms with Crippen LogP contribution in [0.5, 0.6) is 0 Å². The highest BCUT2D eigenvalue weighted by molar-refractivity contribution is 8.01. The van der Waals surface area contributed by atoms with Crippen molar-refractivity contribution in [3.05, 3.63) is 46.4 Å². The number of Topliss-reactive ketones (excluding diaryl/α,β-unsaturated/α-hetero) is 1. The molecule has 0 atom stereocenters. The monoisotopic (exact) mass is 361 g/mol. The van der Waals surface area contributed by atoms with Gasteiger partial charge >= 0.3 is 0 Å². The summed E-state index contributed by atoms with van der Waals surface area (Å²) >= 11 is 2.39. The van der Waals surface area contributed by atoms with Crippen molar-refractivity contribution in [2.75, 3.05) is 11.1 Å². The molecule has 0 bridgehead atoms. The fraction of sp³-hybridized carbons (Fsp3) is 0.143. The average Bonchev–Trinajstić information content (AvgIpc) is 2.98.